The average Bonchev–Trinajstić information content (AvgIpc) is 2.52. The molecule has 4 heteroatoms. The van der Waals surface area contributed by atoms with E-state index in [1.54, 1.807) is 19.0 Å². The highest BCUT2D eigenvalue weighted by Crippen LogP contribution is 2.25. The van der Waals surface area contributed by atoms with Gasteiger partial charge >= 0.3 is 0 Å². The second-order valence-electron chi connectivity index (χ2n) is 4.06. The van der Waals surface area contributed by atoms with Gasteiger partial charge in [0, 0.05) is 39.2 Å². The molecule has 2 rings (SSSR count). The number of rotatable bonds is 1. The molecular weight excluding hydrogens is 192 g/mol. The third-order valence-corrected chi connectivity index (χ3v) is 2.72. The fourth-order valence-electron chi connectivity index (χ4n) is 1.96. The third kappa shape index (κ3) is 1.65. The van der Waals surface area contributed by atoms with Crippen molar-refractivity contribution in [3.05, 3.63) is 22.6 Å². The molecule has 1 aromatic rings. The zero-order valence-electron chi connectivity index (χ0n) is 9.39. The van der Waals surface area contributed by atoms with Gasteiger partial charge in [0.25, 0.3) is 5.91 Å². The number of carbonyl (C=O) groups excluding carboxylic acids is 1. The van der Waals surface area contributed by atoms with Crippen LogP contribution in [0.5, 0.6) is 0 Å². The zero-order chi connectivity index (χ0) is 11.0. The fourth-order valence-corrected chi connectivity index (χ4v) is 1.96. The Morgan fingerprint density at radius 1 is 1.47 bits per heavy atom. The van der Waals surface area contributed by atoms with Gasteiger partial charge in [-0.15, -0.1) is 0 Å². The fraction of sp³-hybridized carbons (Fsp3) is 0.545. The standard InChI is InChI=1S/C11H16N2O2/c1-7-10(11(14)13(2)3)8-6-12-5-4-9(8)15-7/h12H,4-6H2,1-3H3. The SMILES string of the molecule is Cc1oc2c(c1C(=O)N(C)C)CNCC2. The van der Waals surface area contributed by atoms with E-state index in [1.807, 2.05) is 6.92 Å². The Morgan fingerprint density at radius 3 is 2.87 bits per heavy atom. The predicted molar refractivity (Wildman–Crippen MR) is 56.9 cm³/mol. The molecule has 1 aliphatic heterocycles. The van der Waals surface area contributed by atoms with E-state index in [9.17, 15) is 4.79 Å². The van der Waals surface area contributed by atoms with Crippen LogP contribution in [0.1, 0.15) is 27.4 Å². The van der Waals surface area contributed by atoms with Crippen molar-refractivity contribution in [2.75, 3.05) is 20.6 Å². The lowest BCUT2D eigenvalue weighted by Crippen LogP contribution is -2.27. The number of aryl methyl sites for hydroxylation is 1. The van der Waals surface area contributed by atoms with E-state index >= 15 is 0 Å². The molecule has 0 aromatic carbocycles. The first-order valence-corrected chi connectivity index (χ1v) is 5.14. The second kappa shape index (κ2) is 3.70. The molecule has 0 saturated heterocycles. The molecule has 15 heavy (non-hydrogen) atoms. The van der Waals surface area contributed by atoms with Crippen molar-refractivity contribution < 1.29 is 9.21 Å². The Morgan fingerprint density at radius 2 is 2.20 bits per heavy atom. The first-order valence-electron chi connectivity index (χ1n) is 5.14. The van der Waals surface area contributed by atoms with Crippen LogP contribution in [0.3, 0.4) is 0 Å². The molecule has 1 N–H and O–H groups in total. The first kappa shape index (κ1) is 10.2. The summed E-state index contributed by atoms with van der Waals surface area (Å²) >= 11 is 0. The van der Waals surface area contributed by atoms with Gasteiger partial charge in [-0.3, -0.25) is 4.79 Å². The minimum absolute atomic E-state index is 0.0289. The van der Waals surface area contributed by atoms with Crippen LogP contribution in [0.15, 0.2) is 4.42 Å². The van der Waals surface area contributed by atoms with Crippen molar-refractivity contribution in [1.29, 1.82) is 0 Å². The van der Waals surface area contributed by atoms with Crippen LogP contribution in [0.2, 0.25) is 0 Å². The van der Waals surface area contributed by atoms with E-state index in [0.29, 0.717) is 0 Å². The van der Waals surface area contributed by atoms with Crippen molar-refractivity contribution in [1.82, 2.24) is 10.2 Å². The number of nitrogens with one attached hydrogen (secondary N) is 1. The summed E-state index contributed by atoms with van der Waals surface area (Å²) in [6, 6.07) is 0. The van der Waals surface area contributed by atoms with Gasteiger partial charge in [0.1, 0.15) is 11.5 Å². The van der Waals surface area contributed by atoms with Crippen LogP contribution in [0, 0.1) is 6.92 Å². The van der Waals surface area contributed by atoms with E-state index in [4.69, 9.17) is 4.42 Å². The smallest absolute Gasteiger partial charge is 0.257 e. The number of furan rings is 1. The molecule has 1 aromatic heterocycles. The van der Waals surface area contributed by atoms with Crippen molar-refractivity contribution in [2.45, 2.75) is 19.9 Å². The van der Waals surface area contributed by atoms with Crippen LogP contribution in [0.25, 0.3) is 0 Å². The van der Waals surface area contributed by atoms with Gasteiger partial charge in [0.15, 0.2) is 0 Å². The van der Waals surface area contributed by atoms with E-state index in [-0.39, 0.29) is 5.91 Å². The Hall–Kier alpha value is -1.29. The number of nitrogens with zero attached hydrogens (tertiary/aromatic N) is 1. The van der Waals surface area contributed by atoms with E-state index in [2.05, 4.69) is 5.32 Å². The topological polar surface area (TPSA) is 45.5 Å². The number of amides is 1. The molecule has 1 aliphatic rings. The first-order chi connectivity index (χ1) is 7.11. The summed E-state index contributed by atoms with van der Waals surface area (Å²) in [5.74, 6) is 1.74. The van der Waals surface area contributed by atoms with Crippen LogP contribution >= 0.6 is 0 Å². The van der Waals surface area contributed by atoms with E-state index < -0.39 is 0 Å². The normalized spacial score (nSPS) is 14.9. The molecule has 0 unspecified atom stereocenters. The van der Waals surface area contributed by atoms with Gasteiger partial charge in [-0.1, -0.05) is 0 Å². The molecular formula is C11H16N2O2. The molecule has 2 heterocycles. The van der Waals surface area contributed by atoms with Crippen LogP contribution < -0.4 is 5.32 Å². The molecule has 0 atom stereocenters. The molecule has 0 spiro atoms. The van der Waals surface area contributed by atoms with Crippen molar-refractivity contribution >= 4 is 5.91 Å². The molecule has 0 bridgehead atoms. The maximum atomic E-state index is 11.9. The van der Waals surface area contributed by atoms with E-state index in [0.717, 1.165) is 42.2 Å². The quantitative estimate of drug-likeness (QED) is 0.747. The maximum Gasteiger partial charge on any atom is 0.257 e. The van der Waals surface area contributed by atoms with Crippen LogP contribution in [-0.2, 0) is 13.0 Å². The Kier molecular flexibility index (Phi) is 2.52. The summed E-state index contributed by atoms with van der Waals surface area (Å²) < 4.78 is 5.62. The number of fused-ring (bicyclic) bond motifs is 1. The van der Waals surface area contributed by atoms with Gasteiger partial charge in [-0.25, -0.2) is 0 Å². The number of hydrogen-bond donors (Lipinski definition) is 1. The molecule has 0 fully saturated rings. The van der Waals surface area contributed by atoms with Gasteiger partial charge in [-0.2, -0.15) is 0 Å². The average molecular weight is 208 g/mol. The summed E-state index contributed by atoms with van der Waals surface area (Å²) in [4.78, 5) is 13.5. The van der Waals surface area contributed by atoms with Gasteiger partial charge < -0.3 is 14.6 Å². The molecule has 1 amide bonds. The van der Waals surface area contributed by atoms with Crippen LogP contribution in [0.4, 0.5) is 0 Å². The number of carbonyl (C=O) groups is 1. The summed E-state index contributed by atoms with van der Waals surface area (Å²) in [6.07, 6.45) is 0.872. The number of hydrogen-bond acceptors (Lipinski definition) is 3. The van der Waals surface area contributed by atoms with Crippen molar-refractivity contribution in [2.24, 2.45) is 0 Å². The lowest BCUT2D eigenvalue weighted by molar-refractivity contribution is 0.0825. The monoisotopic (exact) mass is 208 g/mol. The highest BCUT2D eigenvalue weighted by atomic mass is 16.3. The Bertz CT molecular complexity index is 394. The third-order valence-electron chi connectivity index (χ3n) is 2.72. The summed E-state index contributed by atoms with van der Waals surface area (Å²) in [6.45, 7) is 3.52. The molecule has 4 nitrogen and oxygen atoms in total. The largest absolute Gasteiger partial charge is 0.465 e. The molecule has 0 aliphatic carbocycles. The lowest BCUT2D eigenvalue weighted by atomic mass is 10.0. The van der Waals surface area contributed by atoms with Gasteiger partial charge in [0.05, 0.1) is 5.56 Å². The predicted octanol–water partition coefficient (Wildman–Crippen LogP) is 0.936. The Balaban J connectivity index is 2.46. The highest BCUT2D eigenvalue weighted by Gasteiger charge is 2.25. The molecule has 0 radical (unpaired) electrons. The van der Waals surface area contributed by atoms with E-state index in [1.165, 1.54) is 0 Å². The van der Waals surface area contributed by atoms with Crippen molar-refractivity contribution in [3.63, 3.8) is 0 Å². The van der Waals surface area contributed by atoms with Crippen molar-refractivity contribution in [3.8, 4) is 0 Å². The van der Waals surface area contributed by atoms with Gasteiger partial charge in [0.2, 0.25) is 0 Å². The summed E-state index contributed by atoms with van der Waals surface area (Å²) in [5.41, 5.74) is 1.78. The molecule has 0 saturated carbocycles. The summed E-state index contributed by atoms with van der Waals surface area (Å²) in [5, 5.41) is 3.26. The zero-order valence-corrected chi connectivity index (χ0v) is 9.39. The van der Waals surface area contributed by atoms with Gasteiger partial charge in [-0.05, 0) is 6.92 Å². The second-order valence-corrected chi connectivity index (χ2v) is 4.06. The highest BCUT2D eigenvalue weighted by molar-refractivity contribution is 5.96. The summed E-state index contributed by atoms with van der Waals surface area (Å²) in [7, 11) is 3.52. The molecule has 82 valence electrons. The minimum Gasteiger partial charge on any atom is -0.465 e. The van der Waals surface area contributed by atoms with Crippen LogP contribution in [-0.4, -0.2) is 31.4 Å². The maximum absolute atomic E-state index is 11.9. The minimum atomic E-state index is 0.0289. The Labute approximate surface area is 89.2 Å². The lowest BCUT2D eigenvalue weighted by Gasteiger charge is -2.14.